The maximum Gasteiger partial charge on any atom is 0.320 e. The molecule has 2 fully saturated rings. The first-order valence-corrected chi connectivity index (χ1v) is 13.4. The van der Waals surface area contributed by atoms with Crippen LogP contribution in [-0.2, 0) is 19.1 Å². The third-order valence-electron chi connectivity index (χ3n) is 6.01. The first-order valence-electron chi connectivity index (χ1n) is 10.9. The van der Waals surface area contributed by atoms with Gasteiger partial charge in [-0.2, -0.15) is 0 Å². The number of rotatable bonds is 6. The molecule has 0 bridgehead atoms. The summed E-state index contributed by atoms with van der Waals surface area (Å²) in [5, 5.41) is 3.63. The number of piperidine rings is 2. The Balaban J connectivity index is 1.90. The van der Waals surface area contributed by atoms with E-state index < -0.39 is 0 Å². The molecule has 0 spiro atoms. The Kier molecular flexibility index (Phi) is 9.30. The summed E-state index contributed by atoms with van der Waals surface area (Å²) in [5.41, 5.74) is -0.101. The average molecular weight is 648 g/mol. The Morgan fingerprint density at radius 2 is 1.43 bits per heavy atom. The van der Waals surface area contributed by atoms with Crippen LogP contribution in [0.4, 0.5) is 0 Å². The predicted octanol–water partition coefficient (Wildman–Crippen LogP) is 4.25. The van der Waals surface area contributed by atoms with Crippen LogP contribution < -0.4 is 5.32 Å². The summed E-state index contributed by atoms with van der Waals surface area (Å²) in [7, 11) is 0. The van der Waals surface area contributed by atoms with Gasteiger partial charge in [0.25, 0.3) is 0 Å². The van der Waals surface area contributed by atoms with Gasteiger partial charge in [-0.25, -0.2) is 0 Å². The molecule has 2 aliphatic rings. The number of esters is 2. The van der Waals surface area contributed by atoms with Gasteiger partial charge in [0, 0.05) is 42.5 Å². The fraction of sp³-hybridized carbons (Fsp3) is 0.909. The molecule has 0 aromatic heterocycles. The van der Waals surface area contributed by atoms with E-state index in [9.17, 15) is 9.59 Å². The highest BCUT2D eigenvalue weighted by Crippen LogP contribution is 2.31. The lowest BCUT2D eigenvalue weighted by Crippen LogP contribution is -2.60. The van der Waals surface area contributed by atoms with Crippen LogP contribution in [0.5, 0.6) is 0 Å². The Hall–Kier alpha value is 0.320. The number of likely N-dealkylation sites (tertiary alicyclic amines) is 1. The van der Waals surface area contributed by atoms with Crippen molar-refractivity contribution in [3.63, 3.8) is 0 Å². The molecule has 2 aliphatic heterocycles. The fourth-order valence-corrected chi connectivity index (χ4v) is 5.83. The van der Waals surface area contributed by atoms with Gasteiger partial charge in [0.05, 0.1) is 0 Å². The number of halogens is 2. The second kappa shape index (κ2) is 10.5. The van der Waals surface area contributed by atoms with Crippen molar-refractivity contribution in [2.75, 3.05) is 6.54 Å². The Bertz CT molecular complexity index is 598. The minimum atomic E-state index is -0.220. The number of nitrogens with zero attached hydrogens (tertiary/aromatic N) is 1. The molecule has 1 N–H and O–H groups in total. The average Bonchev–Trinajstić information content (AvgIpc) is 2.54. The fourth-order valence-electron chi connectivity index (χ4n) is 5.09. The van der Waals surface area contributed by atoms with E-state index >= 15 is 0 Å². The van der Waals surface area contributed by atoms with Gasteiger partial charge in [-0.3, -0.25) is 14.5 Å². The first-order chi connectivity index (χ1) is 13.7. The number of ether oxygens (including phenoxy) is 2. The number of carbonyl (C=O) groups is 2. The van der Waals surface area contributed by atoms with Crippen molar-refractivity contribution in [1.29, 1.82) is 0 Å². The summed E-state index contributed by atoms with van der Waals surface area (Å²) in [5.74, 6) is -0.266. The SMILES string of the molecule is CC(I)C(=O)OC1CC(C)N(CC(I)C(=O)OC2CC(C)(C)NC(C)(C)C2)C(C)C1. The quantitative estimate of drug-likeness (QED) is 0.264. The molecule has 0 aromatic carbocycles. The molecule has 174 valence electrons. The molecule has 30 heavy (non-hydrogen) atoms. The largest absolute Gasteiger partial charge is 0.461 e. The molecule has 0 saturated carbocycles. The van der Waals surface area contributed by atoms with Crippen LogP contribution in [0.3, 0.4) is 0 Å². The zero-order valence-corrected chi connectivity index (χ0v) is 23.7. The highest BCUT2D eigenvalue weighted by atomic mass is 127. The minimum absolute atomic E-state index is 0.0465. The monoisotopic (exact) mass is 648 g/mol. The Morgan fingerprint density at radius 3 is 1.90 bits per heavy atom. The maximum absolute atomic E-state index is 12.9. The summed E-state index contributed by atoms with van der Waals surface area (Å²) >= 11 is 4.31. The highest BCUT2D eigenvalue weighted by Gasteiger charge is 2.41. The van der Waals surface area contributed by atoms with Gasteiger partial charge in [-0.1, -0.05) is 45.2 Å². The van der Waals surface area contributed by atoms with Gasteiger partial charge < -0.3 is 14.8 Å². The molecule has 0 amide bonds. The van der Waals surface area contributed by atoms with Gasteiger partial charge in [-0.05, 0) is 61.3 Å². The lowest BCUT2D eigenvalue weighted by Gasteiger charge is -2.46. The van der Waals surface area contributed by atoms with E-state index in [1.165, 1.54) is 0 Å². The van der Waals surface area contributed by atoms with Gasteiger partial charge in [0.15, 0.2) is 0 Å². The van der Waals surface area contributed by atoms with Crippen molar-refractivity contribution in [3.8, 4) is 0 Å². The number of nitrogens with one attached hydrogen (secondary N) is 1. The van der Waals surface area contributed by atoms with Crippen molar-refractivity contribution < 1.29 is 19.1 Å². The number of hydrogen-bond acceptors (Lipinski definition) is 6. The zero-order chi connectivity index (χ0) is 22.9. The molecule has 0 aromatic rings. The van der Waals surface area contributed by atoms with Gasteiger partial charge in [0.2, 0.25) is 0 Å². The summed E-state index contributed by atoms with van der Waals surface area (Å²) in [6, 6.07) is 0.496. The molecule has 8 heteroatoms. The van der Waals surface area contributed by atoms with E-state index in [0.29, 0.717) is 6.54 Å². The molecule has 2 rings (SSSR count). The van der Waals surface area contributed by atoms with E-state index in [4.69, 9.17) is 9.47 Å². The zero-order valence-electron chi connectivity index (χ0n) is 19.3. The summed E-state index contributed by atoms with van der Waals surface area (Å²) in [4.78, 5) is 27.2. The van der Waals surface area contributed by atoms with Crippen LogP contribution in [-0.4, -0.2) is 66.6 Å². The molecular formula is C22H38I2N2O4. The minimum Gasteiger partial charge on any atom is -0.461 e. The Labute approximate surface area is 209 Å². The summed E-state index contributed by atoms with van der Waals surface area (Å²) in [6.45, 7) is 15.5. The van der Waals surface area contributed by atoms with Crippen LogP contribution in [0.25, 0.3) is 0 Å². The van der Waals surface area contributed by atoms with Crippen molar-refractivity contribution in [2.24, 2.45) is 0 Å². The number of alkyl halides is 2. The van der Waals surface area contributed by atoms with Crippen molar-refractivity contribution >= 4 is 57.1 Å². The van der Waals surface area contributed by atoms with E-state index in [-0.39, 0.29) is 55.2 Å². The van der Waals surface area contributed by atoms with Crippen molar-refractivity contribution in [3.05, 3.63) is 0 Å². The molecule has 4 atom stereocenters. The standard InChI is InChI=1S/C22H38I2N2O4/c1-13-8-16(29-19(27)15(3)23)9-14(2)26(13)12-18(24)20(28)30-17-10-21(4,5)25-22(6,7)11-17/h13-18,25H,8-12H2,1-7H3. The van der Waals surface area contributed by atoms with Crippen LogP contribution in [0.15, 0.2) is 0 Å². The smallest absolute Gasteiger partial charge is 0.320 e. The molecule has 0 aliphatic carbocycles. The molecule has 2 heterocycles. The van der Waals surface area contributed by atoms with Crippen LogP contribution in [0, 0.1) is 0 Å². The third kappa shape index (κ3) is 7.72. The van der Waals surface area contributed by atoms with E-state index in [1.807, 2.05) is 6.92 Å². The molecule has 0 radical (unpaired) electrons. The number of hydrogen-bond donors (Lipinski definition) is 1. The second-order valence-electron chi connectivity index (χ2n) is 10.4. The first kappa shape index (κ1) is 26.6. The van der Waals surface area contributed by atoms with Crippen molar-refractivity contribution in [1.82, 2.24) is 10.2 Å². The Morgan fingerprint density at radius 1 is 0.967 bits per heavy atom. The van der Waals surface area contributed by atoms with Crippen LogP contribution in [0.2, 0.25) is 0 Å². The van der Waals surface area contributed by atoms with E-state index in [2.05, 4.69) is 96.9 Å². The second-order valence-corrected chi connectivity index (χ2v) is 13.7. The number of carbonyl (C=O) groups excluding carboxylic acids is 2. The normalized spacial score (nSPS) is 31.6. The molecule has 4 unspecified atom stereocenters. The summed E-state index contributed by atoms with van der Waals surface area (Å²) in [6.07, 6.45) is 3.14. The van der Waals surface area contributed by atoms with Gasteiger partial charge >= 0.3 is 11.9 Å². The molecule has 2 saturated heterocycles. The lowest BCUT2D eigenvalue weighted by atomic mass is 9.81. The predicted molar refractivity (Wildman–Crippen MR) is 136 cm³/mol. The van der Waals surface area contributed by atoms with E-state index in [1.54, 1.807) is 0 Å². The van der Waals surface area contributed by atoms with Crippen molar-refractivity contribution in [2.45, 2.75) is 117 Å². The lowest BCUT2D eigenvalue weighted by molar-refractivity contribution is -0.153. The highest BCUT2D eigenvalue weighted by molar-refractivity contribution is 14.1. The molecule has 6 nitrogen and oxygen atoms in total. The van der Waals surface area contributed by atoms with Crippen LogP contribution in [0.1, 0.15) is 74.1 Å². The third-order valence-corrected chi connectivity index (χ3v) is 7.42. The van der Waals surface area contributed by atoms with Crippen LogP contribution >= 0.6 is 45.2 Å². The topological polar surface area (TPSA) is 67.9 Å². The van der Waals surface area contributed by atoms with E-state index in [0.717, 1.165) is 25.7 Å². The van der Waals surface area contributed by atoms with Gasteiger partial charge in [0.1, 0.15) is 20.1 Å². The maximum atomic E-state index is 12.9. The van der Waals surface area contributed by atoms with Gasteiger partial charge in [-0.15, -0.1) is 0 Å². The summed E-state index contributed by atoms with van der Waals surface area (Å²) < 4.78 is 11.3. The molecular weight excluding hydrogens is 610 g/mol.